The lowest BCUT2D eigenvalue weighted by atomic mass is 9.93. The zero-order chi connectivity index (χ0) is 16.4. The average Bonchev–Trinajstić information content (AvgIpc) is 3.16. The molecule has 2 atom stereocenters. The molecule has 0 spiro atoms. The summed E-state index contributed by atoms with van der Waals surface area (Å²) in [5.41, 5.74) is 4.19. The third-order valence-electron chi connectivity index (χ3n) is 4.75. The highest BCUT2D eigenvalue weighted by Crippen LogP contribution is 2.34. The Bertz CT molecular complexity index is 668. The predicted octanol–water partition coefficient (Wildman–Crippen LogP) is 3.38. The Balaban J connectivity index is 1.68. The summed E-state index contributed by atoms with van der Waals surface area (Å²) in [6.07, 6.45) is 1.17. The van der Waals surface area contributed by atoms with Crippen molar-refractivity contribution in [1.29, 1.82) is 0 Å². The van der Waals surface area contributed by atoms with E-state index in [2.05, 4.69) is 54.0 Å². The molecule has 3 rings (SSSR count). The number of methoxy groups -OCH3 is 1. The van der Waals surface area contributed by atoms with Gasteiger partial charge >= 0.3 is 0 Å². The maximum atomic E-state index is 5.39. The standard InChI is InChI=1S/C18H25N3O2/c1-12-5-6-16(13(2)9-12)15-7-8-21(10-15)14(3)18-19-17(11-22-4)20-23-18/h5-6,9,14-15H,7-8,10-11H2,1-4H3/t14-,15-/m0/s1. The van der Waals surface area contributed by atoms with Crippen molar-refractivity contribution in [3.8, 4) is 0 Å². The fourth-order valence-electron chi connectivity index (χ4n) is 3.46. The van der Waals surface area contributed by atoms with Gasteiger partial charge < -0.3 is 9.26 Å². The van der Waals surface area contributed by atoms with E-state index in [0.29, 0.717) is 24.2 Å². The first-order valence-corrected chi connectivity index (χ1v) is 8.21. The zero-order valence-electron chi connectivity index (χ0n) is 14.4. The summed E-state index contributed by atoms with van der Waals surface area (Å²) in [6.45, 7) is 8.97. The molecule has 124 valence electrons. The molecule has 1 fully saturated rings. The van der Waals surface area contributed by atoms with Crippen molar-refractivity contribution in [3.05, 3.63) is 46.6 Å². The van der Waals surface area contributed by atoms with E-state index in [-0.39, 0.29) is 6.04 Å². The molecule has 2 aromatic rings. The van der Waals surface area contributed by atoms with E-state index in [1.54, 1.807) is 7.11 Å². The summed E-state index contributed by atoms with van der Waals surface area (Å²) >= 11 is 0. The van der Waals surface area contributed by atoms with Crippen LogP contribution >= 0.6 is 0 Å². The minimum absolute atomic E-state index is 0.142. The maximum absolute atomic E-state index is 5.39. The summed E-state index contributed by atoms with van der Waals surface area (Å²) in [4.78, 5) is 6.85. The molecule has 2 heterocycles. The molecule has 1 saturated heterocycles. The van der Waals surface area contributed by atoms with Gasteiger partial charge in [-0.25, -0.2) is 0 Å². The van der Waals surface area contributed by atoms with Crippen molar-refractivity contribution in [1.82, 2.24) is 15.0 Å². The van der Waals surface area contributed by atoms with Gasteiger partial charge in [0.25, 0.3) is 0 Å². The van der Waals surface area contributed by atoms with Gasteiger partial charge in [0.1, 0.15) is 6.61 Å². The van der Waals surface area contributed by atoms with E-state index in [9.17, 15) is 0 Å². The molecule has 0 unspecified atom stereocenters. The molecule has 1 aliphatic heterocycles. The lowest BCUT2D eigenvalue weighted by Gasteiger charge is -2.21. The van der Waals surface area contributed by atoms with Gasteiger partial charge in [0.05, 0.1) is 6.04 Å². The van der Waals surface area contributed by atoms with Gasteiger partial charge in [0.15, 0.2) is 5.82 Å². The molecule has 0 N–H and O–H groups in total. The number of benzene rings is 1. The molecule has 0 amide bonds. The molecule has 1 aromatic carbocycles. The molecule has 1 aliphatic rings. The van der Waals surface area contributed by atoms with Crippen LogP contribution in [-0.4, -0.2) is 35.2 Å². The quantitative estimate of drug-likeness (QED) is 0.846. The van der Waals surface area contributed by atoms with Crippen LogP contribution in [0.15, 0.2) is 22.7 Å². The van der Waals surface area contributed by atoms with Crippen molar-refractivity contribution < 1.29 is 9.26 Å². The second-order valence-corrected chi connectivity index (χ2v) is 6.50. The average molecular weight is 315 g/mol. The summed E-state index contributed by atoms with van der Waals surface area (Å²) in [7, 11) is 1.63. The Kier molecular flexibility index (Phi) is 4.78. The number of aromatic nitrogens is 2. The number of hydrogen-bond donors (Lipinski definition) is 0. The van der Waals surface area contributed by atoms with Gasteiger partial charge in [-0.15, -0.1) is 0 Å². The number of ether oxygens (including phenoxy) is 1. The number of aryl methyl sites for hydroxylation is 2. The van der Waals surface area contributed by atoms with Crippen LogP contribution in [0.1, 0.15) is 53.7 Å². The Morgan fingerprint density at radius 2 is 2.22 bits per heavy atom. The first kappa shape index (κ1) is 16.1. The number of rotatable bonds is 5. The first-order valence-electron chi connectivity index (χ1n) is 8.21. The van der Waals surface area contributed by atoms with E-state index >= 15 is 0 Å². The predicted molar refractivity (Wildman–Crippen MR) is 88.3 cm³/mol. The van der Waals surface area contributed by atoms with Crippen molar-refractivity contribution >= 4 is 0 Å². The monoisotopic (exact) mass is 315 g/mol. The van der Waals surface area contributed by atoms with Crippen LogP contribution in [0.5, 0.6) is 0 Å². The van der Waals surface area contributed by atoms with Gasteiger partial charge in [-0.1, -0.05) is 28.9 Å². The van der Waals surface area contributed by atoms with Crippen LogP contribution in [0.2, 0.25) is 0 Å². The SMILES string of the molecule is COCc1noc([C@H](C)N2CC[C@H](c3ccc(C)cc3C)C2)n1. The smallest absolute Gasteiger partial charge is 0.243 e. The molecule has 23 heavy (non-hydrogen) atoms. The van der Waals surface area contributed by atoms with Crippen molar-refractivity contribution in [2.45, 2.75) is 45.8 Å². The highest BCUT2D eigenvalue weighted by atomic mass is 16.5. The fraction of sp³-hybridized carbons (Fsp3) is 0.556. The summed E-state index contributed by atoms with van der Waals surface area (Å²) in [5, 5.41) is 3.96. The lowest BCUT2D eigenvalue weighted by molar-refractivity contribution is 0.173. The summed E-state index contributed by atoms with van der Waals surface area (Å²) < 4.78 is 10.4. The van der Waals surface area contributed by atoms with E-state index in [1.165, 1.54) is 23.1 Å². The van der Waals surface area contributed by atoms with Crippen LogP contribution in [0.3, 0.4) is 0 Å². The van der Waals surface area contributed by atoms with Crippen LogP contribution < -0.4 is 0 Å². The Labute approximate surface area is 137 Å². The van der Waals surface area contributed by atoms with E-state index in [4.69, 9.17) is 9.26 Å². The van der Waals surface area contributed by atoms with Gasteiger partial charge in [-0.2, -0.15) is 4.98 Å². The molecule has 5 heteroatoms. The lowest BCUT2D eigenvalue weighted by Crippen LogP contribution is -2.24. The van der Waals surface area contributed by atoms with E-state index in [0.717, 1.165) is 13.1 Å². The molecule has 0 radical (unpaired) electrons. The van der Waals surface area contributed by atoms with Crippen molar-refractivity contribution in [2.24, 2.45) is 0 Å². The largest absolute Gasteiger partial charge is 0.377 e. The van der Waals surface area contributed by atoms with Crippen LogP contribution in [0.4, 0.5) is 0 Å². The minimum Gasteiger partial charge on any atom is -0.377 e. The molecule has 0 saturated carbocycles. The van der Waals surface area contributed by atoms with Crippen molar-refractivity contribution in [3.63, 3.8) is 0 Å². The van der Waals surface area contributed by atoms with Crippen LogP contribution in [0, 0.1) is 13.8 Å². The van der Waals surface area contributed by atoms with Gasteiger partial charge in [-0.05, 0) is 50.8 Å². The number of nitrogens with zero attached hydrogens (tertiary/aromatic N) is 3. The fourth-order valence-corrected chi connectivity index (χ4v) is 3.46. The van der Waals surface area contributed by atoms with E-state index < -0.39 is 0 Å². The van der Waals surface area contributed by atoms with Crippen LogP contribution in [0.25, 0.3) is 0 Å². The number of hydrogen-bond acceptors (Lipinski definition) is 5. The second-order valence-electron chi connectivity index (χ2n) is 6.50. The Morgan fingerprint density at radius 1 is 1.39 bits per heavy atom. The second kappa shape index (κ2) is 6.81. The molecular weight excluding hydrogens is 290 g/mol. The molecule has 0 bridgehead atoms. The third-order valence-corrected chi connectivity index (χ3v) is 4.75. The highest BCUT2D eigenvalue weighted by Gasteiger charge is 2.31. The summed E-state index contributed by atoms with van der Waals surface area (Å²) in [5.74, 6) is 1.87. The van der Waals surface area contributed by atoms with Crippen molar-refractivity contribution in [2.75, 3.05) is 20.2 Å². The molecule has 1 aromatic heterocycles. The summed E-state index contributed by atoms with van der Waals surface area (Å²) in [6, 6.07) is 6.91. The van der Waals surface area contributed by atoms with Gasteiger partial charge in [-0.3, -0.25) is 4.90 Å². The van der Waals surface area contributed by atoms with Gasteiger partial charge in [0.2, 0.25) is 5.89 Å². The molecular formula is C18H25N3O2. The highest BCUT2D eigenvalue weighted by molar-refractivity contribution is 5.34. The first-order chi connectivity index (χ1) is 11.1. The number of likely N-dealkylation sites (tertiary alicyclic amines) is 1. The normalized spacial score (nSPS) is 20.1. The van der Waals surface area contributed by atoms with Gasteiger partial charge in [0, 0.05) is 13.7 Å². The minimum atomic E-state index is 0.142. The molecule has 5 nitrogen and oxygen atoms in total. The Hall–Kier alpha value is -1.72. The molecule has 0 aliphatic carbocycles. The Morgan fingerprint density at radius 3 is 2.96 bits per heavy atom. The van der Waals surface area contributed by atoms with E-state index in [1.807, 2.05) is 0 Å². The third kappa shape index (κ3) is 3.46. The van der Waals surface area contributed by atoms with Crippen LogP contribution in [-0.2, 0) is 11.3 Å². The maximum Gasteiger partial charge on any atom is 0.243 e. The topological polar surface area (TPSA) is 51.4 Å². The zero-order valence-corrected chi connectivity index (χ0v) is 14.4.